The first-order valence-electron chi connectivity index (χ1n) is 28.5. The molecule has 1 N–H and O–H groups in total. The van der Waals surface area contributed by atoms with E-state index in [1.54, 1.807) is 0 Å². The molecule has 2 saturated heterocycles. The van der Waals surface area contributed by atoms with Crippen molar-refractivity contribution in [1.29, 1.82) is 0 Å². The Morgan fingerprint density at radius 3 is 1.17 bits per heavy atom. The predicted molar refractivity (Wildman–Crippen MR) is 319 cm³/mol. The predicted octanol–water partition coefficient (Wildman–Crippen LogP) is 11.5. The molecule has 2 heterocycles. The fraction of sp³-hybridized carbons (Fsp3) is 0.314. The van der Waals surface area contributed by atoms with Crippen LogP contribution in [0.25, 0.3) is 0 Å². The minimum Gasteiger partial charge on any atom is -0.405 e. The maximum Gasteiger partial charge on any atom is 0.261 e. The summed E-state index contributed by atoms with van der Waals surface area (Å²) in [5.41, 5.74) is 5.66. The molecule has 0 bridgehead atoms. The van der Waals surface area contributed by atoms with E-state index < -0.39 is 69.7 Å². The van der Waals surface area contributed by atoms with Crippen LogP contribution in [-0.4, -0.2) is 88.0 Å². The first-order valence-corrected chi connectivity index (χ1v) is 30.4. The summed E-state index contributed by atoms with van der Waals surface area (Å²) in [6.45, 7) is 7.48. The largest absolute Gasteiger partial charge is 0.405 e. The lowest BCUT2D eigenvalue weighted by Gasteiger charge is -2.48. The van der Waals surface area contributed by atoms with Crippen molar-refractivity contribution < 1.29 is 52.2 Å². The van der Waals surface area contributed by atoms with E-state index in [0.717, 1.165) is 43.8 Å². The molecule has 8 aromatic rings. The van der Waals surface area contributed by atoms with Gasteiger partial charge in [-0.2, -0.15) is 0 Å². The lowest BCUT2D eigenvalue weighted by Crippen LogP contribution is -2.67. The van der Waals surface area contributed by atoms with Gasteiger partial charge in [-0.1, -0.05) is 263 Å². The summed E-state index contributed by atoms with van der Waals surface area (Å²) in [5, 5.41) is 13.4. The van der Waals surface area contributed by atoms with Crippen LogP contribution in [-0.2, 0) is 86.7 Å². The van der Waals surface area contributed by atoms with Crippen molar-refractivity contribution in [2.45, 2.75) is 120 Å². The fourth-order valence-electron chi connectivity index (χ4n) is 11.2. The van der Waals surface area contributed by atoms with Crippen LogP contribution in [0.15, 0.2) is 243 Å². The van der Waals surface area contributed by atoms with E-state index >= 15 is 0 Å². The normalized spacial score (nSPS) is 22.9. The van der Waals surface area contributed by atoms with Gasteiger partial charge in [0.05, 0.1) is 52.9 Å². The highest BCUT2D eigenvalue weighted by Gasteiger charge is 2.63. The molecule has 9 atom stereocenters. The van der Waals surface area contributed by atoms with Crippen molar-refractivity contribution in [3.63, 3.8) is 0 Å². The molecule has 10 rings (SSSR count). The summed E-state index contributed by atoms with van der Waals surface area (Å²) in [4.78, 5) is 0. The molecule has 426 valence electrons. The zero-order chi connectivity index (χ0) is 56.5. The molecule has 0 aromatic heterocycles. The topological polar surface area (TPSA) is 113 Å². The second-order valence-electron chi connectivity index (χ2n) is 22.0. The average molecular weight is 1120 g/mol. The van der Waals surface area contributed by atoms with Crippen LogP contribution < -0.4 is 10.4 Å². The van der Waals surface area contributed by atoms with Crippen molar-refractivity contribution in [3.8, 4) is 0 Å². The number of aliphatic hydroxyl groups excluding tert-OH is 1. The van der Waals surface area contributed by atoms with E-state index in [1.165, 1.54) is 0 Å². The molecular formula is C70H76O11Si. The quantitative estimate of drug-likeness (QED) is 0.0497. The Kier molecular flexibility index (Phi) is 20.5. The highest BCUT2D eigenvalue weighted by molar-refractivity contribution is 6.99. The number of rotatable bonds is 27. The van der Waals surface area contributed by atoms with Gasteiger partial charge in [0.15, 0.2) is 6.29 Å². The maximum atomic E-state index is 11.5. The van der Waals surface area contributed by atoms with Gasteiger partial charge >= 0.3 is 0 Å². The Hall–Kier alpha value is -6.46. The van der Waals surface area contributed by atoms with Crippen molar-refractivity contribution in [3.05, 3.63) is 276 Å². The molecule has 11 nitrogen and oxygen atoms in total. The number of ether oxygens (including phenoxy) is 9. The molecule has 8 aromatic carbocycles. The second kappa shape index (κ2) is 28.7. The molecule has 0 unspecified atom stereocenters. The van der Waals surface area contributed by atoms with Gasteiger partial charge in [0.1, 0.15) is 49.3 Å². The van der Waals surface area contributed by atoms with Gasteiger partial charge in [0.2, 0.25) is 5.79 Å². The SMILES string of the molecule is CC(C)(C)[Si](OC[C@H]1O[C@@](COCc2ccccc2)(O[C@H]2O[C@H](CO)[C@@H](OCc3ccccc3)[C@H](OCc3ccccc3)[C@H]2OCc2ccccc2)[C@@H](OCc2ccccc2)[C@@H]1OCc1ccccc1)(c1ccccc1)c1ccccc1. The summed E-state index contributed by atoms with van der Waals surface area (Å²) in [6, 6.07) is 81.1. The molecule has 0 radical (unpaired) electrons. The van der Waals surface area contributed by atoms with Gasteiger partial charge in [-0.25, -0.2) is 0 Å². The van der Waals surface area contributed by atoms with Crippen molar-refractivity contribution in [2.24, 2.45) is 0 Å². The van der Waals surface area contributed by atoms with E-state index in [4.69, 9.17) is 47.1 Å². The molecule has 12 heteroatoms. The molecular weight excluding hydrogens is 1040 g/mol. The zero-order valence-corrected chi connectivity index (χ0v) is 48.1. The van der Waals surface area contributed by atoms with E-state index in [2.05, 4.69) is 69.3 Å². The van der Waals surface area contributed by atoms with Crippen molar-refractivity contribution in [1.82, 2.24) is 0 Å². The molecule has 0 saturated carbocycles. The van der Waals surface area contributed by atoms with Gasteiger partial charge < -0.3 is 52.2 Å². The number of benzene rings is 8. The molecule has 0 spiro atoms. The summed E-state index contributed by atoms with van der Waals surface area (Å²) < 4.78 is 72.7. The third-order valence-electron chi connectivity index (χ3n) is 15.2. The second-order valence-corrected chi connectivity index (χ2v) is 26.3. The van der Waals surface area contributed by atoms with Crippen LogP contribution in [0.3, 0.4) is 0 Å². The summed E-state index contributed by atoms with van der Waals surface area (Å²) >= 11 is 0. The smallest absolute Gasteiger partial charge is 0.261 e. The minimum atomic E-state index is -3.19. The summed E-state index contributed by atoms with van der Waals surface area (Å²) in [6.07, 6.45) is -7.57. The standard InChI is InChI=1S/C70H76O11Si/c1-69(2,3)82(59-40-24-10-25-41-59,60-42-26-11-27-43-60)78-51-62-64(74-47-55-32-16-6-17-33-55)67(77-50-58-38-22-9-23-39-58)70(80-62,52-72-45-53-28-12-4-13-29-53)81-68-66(76-49-57-36-20-8-21-37-57)65(75-48-56-34-18-7-19-35-56)63(61(44-71)79-68)73-46-54-30-14-5-15-31-54/h4-43,61-68,71H,44-52H2,1-3H3/t61-,62-,63-,64-,65+,66-,67+,68-,70+/m1/s1. The van der Waals surface area contributed by atoms with Crippen LogP contribution in [0.5, 0.6) is 0 Å². The van der Waals surface area contributed by atoms with Crippen LogP contribution >= 0.6 is 0 Å². The van der Waals surface area contributed by atoms with Gasteiger partial charge in [-0.3, -0.25) is 0 Å². The van der Waals surface area contributed by atoms with Crippen molar-refractivity contribution in [2.75, 3.05) is 19.8 Å². The Labute approximate surface area is 484 Å². The third kappa shape index (κ3) is 14.6. The molecule has 2 fully saturated rings. The van der Waals surface area contributed by atoms with Gasteiger partial charge in [0, 0.05) is 0 Å². The van der Waals surface area contributed by atoms with E-state index in [-0.39, 0.29) is 57.9 Å². The van der Waals surface area contributed by atoms with Gasteiger partial charge in [-0.15, -0.1) is 0 Å². The van der Waals surface area contributed by atoms with Gasteiger partial charge in [-0.05, 0) is 48.8 Å². The minimum absolute atomic E-state index is 0.0820. The average Bonchev–Trinajstić information content (AvgIpc) is 4.03. The highest BCUT2D eigenvalue weighted by Crippen LogP contribution is 2.44. The Morgan fingerprint density at radius 1 is 0.415 bits per heavy atom. The first-order chi connectivity index (χ1) is 40.2. The molecule has 82 heavy (non-hydrogen) atoms. The summed E-state index contributed by atoms with van der Waals surface area (Å²) in [7, 11) is -3.19. The lowest BCUT2D eigenvalue weighted by molar-refractivity contribution is -0.398. The Bertz CT molecular complexity index is 3030. The molecule has 2 aliphatic rings. The van der Waals surface area contributed by atoms with Crippen LogP contribution in [0.4, 0.5) is 0 Å². The van der Waals surface area contributed by atoms with Gasteiger partial charge in [0.25, 0.3) is 8.32 Å². The monoisotopic (exact) mass is 1120 g/mol. The summed E-state index contributed by atoms with van der Waals surface area (Å²) in [5.74, 6) is -1.80. The van der Waals surface area contributed by atoms with Crippen molar-refractivity contribution >= 4 is 18.7 Å². The Balaban J connectivity index is 1.10. The number of aliphatic hydroxyl groups is 1. The zero-order valence-electron chi connectivity index (χ0n) is 47.1. The number of hydrogen-bond donors (Lipinski definition) is 1. The lowest BCUT2D eigenvalue weighted by atomic mass is 9.97. The van der Waals surface area contributed by atoms with Crippen LogP contribution in [0.1, 0.15) is 54.2 Å². The van der Waals surface area contributed by atoms with E-state index in [0.29, 0.717) is 0 Å². The molecule has 2 aliphatic heterocycles. The third-order valence-corrected chi connectivity index (χ3v) is 20.2. The van der Waals surface area contributed by atoms with E-state index in [1.807, 2.05) is 194 Å². The fourth-order valence-corrected chi connectivity index (χ4v) is 15.8. The first kappa shape index (κ1) is 58.7. The van der Waals surface area contributed by atoms with Crippen LogP contribution in [0.2, 0.25) is 5.04 Å². The highest BCUT2D eigenvalue weighted by atomic mass is 28.4. The Morgan fingerprint density at radius 2 is 0.768 bits per heavy atom. The van der Waals surface area contributed by atoms with Crippen LogP contribution in [0, 0.1) is 0 Å². The van der Waals surface area contributed by atoms with E-state index in [9.17, 15) is 5.11 Å². The molecule has 0 amide bonds. The maximum absolute atomic E-state index is 11.5. The molecule has 0 aliphatic carbocycles. The number of hydrogen-bond acceptors (Lipinski definition) is 11.